The monoisotopic (exact) mass is 288 g/mol. The van der Waals surface area contributed by atoms with Crippen LogP contribution in [0.5, 0.6) is 5.75 Å². The van der Waals surface area contributed by atoms with Crippen molar-refractivity contribution in [3.8, 4) is 5.75 Å². The van der Waals surface area contributed by atoms with Crippen LogP contribution in [0.4, 0.5) is 18.9 Å². The smallest absolute Gasteiger partial charge is 0.404 e. The second-order valence-corrected chi connectivity index (χ2v) is 5.06. The van der Waals surface area contributed by atoms with E-state index in [1.54, 1.807) is 12.3 Å². The molecule has 0 bridgehead atoms. The van der Waals surface area contributed by atoms with E-state index in [0.29, 0.717) is 12.2 Å². The number of nitrogens with one attached hydrogen (secondary N) is 1. The molecule has 19 heavy (non-hydrogen) atoms. The van der Waals surface area contributed by atoms with Gasteiger partial charge in [0.05, 0.1) is 17.2 Å². The highest BCUT2D eigenvalue weighted by atomic mass is 32.1. The molecule has 1 heterocycles. The Balaban J connectivity index is 2.07. The highest BCUT2D eigenvalue weighted by Crippen LogP contribution is 2.30. The largest absolute Gasteiger partial charge is 0.573 e. The molecule has 0 amide bonds. The van der Waals surface area contributed by atoms with Crippen LogP contribution < -0.4 is 10.1 Å². The zero-order valence-electron chi connectivity index (χ0n) is 9.99. The van der Waals surface area contributed by atoms with Crippen LogP contribution in [0.25, 0.3) is 0 Å². The van der Waals surface area contributed by atoms with Crippen molar-refractivity contribution in [3.63, 3.8) is 0 Å². The van der Waals surface area contributed by atoms with Crippen molar-refractivity contribution in [3.05, 3.63) is 40.3 Å². The Hall–Kier alpha value is -1.76. The summed E-state index contributed by atoms with van der Waals surface area (Å²) in [6.45, 7) is 2.28. The standard InChI is InChI=1S/C12H11F3N2OS/c1-8-16-6-9(19-8)7-17-10-4-2-3-5-11(10)18-12(13,14)15/h2-6,17H,7H2,1H3. The zero-order valence-corrected chi connectivity index (χ0v) is 10.8. The third-order valence-corrected chi connectivity index (χ3v) is 3.15. The van der Waals surface area contributed by atoms with Crippen LogP contribution in [0.3, 0.4) is 0 Å². The average molecular weight is 288 g/mol. The molecular weight excluding hydrogens is 277 g/mol. The summed E-state index contributed by atoms with van der Waals surface area (Å²) in [5, 5.41) is 3.82. The van der Waals surface area contributed by atoms with Gasteiger partial charge in [-0.1, -0.05) is 12.1 Å². The Morgan fingerprint density at radius 1 is 1.32 bits per heavy atom. The molecular formula is C12H11F3N2OS. The van der Waals surface area contributed by atoms with Crippen LogP contribution in [-0.2, 0) is 6.54 Å². The molecule has 0 fully saturated rings. The summed E-state index contributed by atoms with van der Waals surface area (Å²) < 4.78 is 40.6. The first-order chi connectivity index (χ1) is 8.94. The van der Waals surface area contributed by atoms with Gasteiger partial charge in [-0.15, -0.1) is 24.5 Å². The summed E-state index contributed by atoms with van der Waals surface area (Å²) in [6.07, 6.45) is -3.00. The van der Waals surface area contributed by atoms with Gasteiger partial charge in [-0.2, -0.15) is 0 Å². The topological polar surface area (TPSA) is 34.2 Å². The molecule has 1 N–H and O–H groups in total. The van der Waals surface area contributed by atoms with E-state index in [1.165, 1.54) is 29.5 Å². The maximum absolute atomic E-state index is 12.2. The summed E-state index contributed by atoms with van der Waals surface area (Å²) in [7, 11) is 0. The number of halogens is 3. The van der Waals surface area contributed by atoms with Crippen molar-refractivity contribution in [2.75, 3.05) is 5.32 Å². The Morgan fingerprint density at radius 2 is 2.05 bits per heavy atom. The quantitative estimate of drug-likeness (QED) is 0.924. The lowest BCUT2D eigenvalue weighted by Gasteiger charge is -2.13. The van der Waals surface area contributed by atoms with Crippen LogP contribution in [0.2, 0.25) is 0 Å². The molecule has 2 aromatic rings. The van der Waals surface area contributed by atoms with Gasteiger partial charge >= 0.3 is 6.36 Å². The molecule has 0 aliphatic rings. The molecule has 0 spiro atoms. The van der Waals surface area contributed by atoms with Gasteiger partial charge in [0, 0.05) is 11.1 Å². The Kier molecular flexibility index (Phi) is 3.94. The minimum atomic E-state index is -4.70. The lowest BCUT2D eigenvalue weighted by atomic mass is 10.3. The molecule has 102 valence electrons. The highest BCUT2D eigenvalue weighted by Gasteiger charge is 2.32. The lowest BCUT2D eigenvalue weighted by Crippen LogP contribution is -2.18. The van der Waals surface area contributed by atoms with Gasteiger partial charge in [-0.25, -0.2) is 4.98 Å². The van der Waals surface area contributed by atoms with Crippen LogP contribution in [0, 0.1) is 6.92 Å². The summed E-state index contributed by atoms with van der Waals surface area (Å²) in [4.78, 5) is 5.02. The first-order valence-electron chi connectivity index (χ1n) is 5.44. The number of nitrogens with zero attached hydrogens (tertiary/aromatic N) is 1. The van der Waals surface area contributed by atoms with Crippen molar-refractivity contribution < 1.29 is 17.9 Å². The molecule has 0 saturated carbocycles. The predicted molar refractivity (Wildman–Crippen MR) is 67.3 cm³/mol. The van der Waals surface area contributed by atoms with Crippen molar-refractivity contribution in [1.82, 2.24) is 4.98 Å². The molecule has 7 heteroatoms. The first kappa shape index (κ1) is 13.7. The van der Waals surface area contributed by atoms with Crippen molar-refractivity contribution in [2.24, 2.45) is 0 Å². The lowest BCUT2D eigenvalue weighted by molar-refractivity contribution is -0.274. The summed E-state index contributed by atoms with van der Waals surface area (Å²) in [5.41, 5.74) is 0.297. The number of rotatable bonds is 4. The van der Waals surface area contributed by atoms with Gasteiger partial charge in [-0.3, -0.25) is 0 Å². The fourth-order valence-electron chi connectivity index (χ4n) is 1.50. The van der Waals surface area contributed by atoms with Crippen LogP contribution >= 0.6 is 11.3 Å². The van der Waals surface area contributed by atoms with Crippen LogP contribution in [0.1, 0.15) is 9.88 Å². The number of ether oxygens (including phenoxy) is 1. The van der Waals surface area contributed by atoms with Gasteiger partial charge in [0.2, 0.25) is 0 Å². The second kappa shape index (κ2) is 5.48. The molecule has 1 aromatic carbocycles. The molecule has 0 saturated heterocycles. The van der Waals surface area contributed by atoms with Crippen LogP contribution in [0.15, 0.2) is 30.5 Å². The van der Waals surface area contributed by atoms with Gasteiger partial charge in [0.25, 0.3) is 0 Å². The van der Waals surface area contributed by atoms with Gasteiger partial charge in [0.15, 0.2) is 5.75 Å². The second-order valence-electron chi connectivity index (χ2n) is 3.74. The number of alkyl halides is 3. The number of hydrogen-bond donors (Lipinski definition) is 1. The summed E-state index contributed by atoms with van der Waals surface area (Å²) >= 11 is 1.49. The third kappa shape index (κ3) is 4.13. The van der Waals surface area contributed by atoms with E-state index in [4.69, 9.17) is 0 Å². The number of aryl methyl sites for hydroxylation is 1. The van der Waals surface area contributed by atoms with E-state index < -0.39 is 6.36 Å². The Labute approximate surface area is 112 Å². The highest BCUT2D eigenvalue weighted by molar-refractivity contribution is 7.11. The van der Waals surface area contributed by atoms with Crippen molar-refractivity contribution in [2.45, 2.75) is 19.8 Å². The average Bonchev–Trinajstić information content (AvgIpc) is 2.72. The van der Waals surface area contributed by atoms with E-state index in [0.717, 1.165) is 9.88 Å². The fraction of sp³-hybridized carbons (Fsp3) is 0.250. The van der Waals surface area contributed by atoms with Crippen molar-refractivity contribution >= 4 is 17.0 Å². The molecule has 2 rings (SSSR count). The Bertz CT molecular complexity index is 554. The SMILES string of the molecule is Cc1ncc(CNc2ccccc2OC(F)(F)F)s1. The Morgan fingerprint density at radius 3 is 2.68 bits per heavy atom. The minimum Gasteiger partial charge on any atom is -0.404 e. The zero-order chi connectivity index (χ0) is 13.9. The molecule has 0 unspecified atom stereocenters. The van der Waals surface area contributed by atoms with Gasteiger partial charge in [-0.05, 0) is 19.1 Å². The van der Waals surface area contributed by atoms with E-state index in [2.05, 4.69) is 15.0 Å². The number of para-hydroxylation sites is 2. The van der Waals surface area contributed by atoms with E-state index in [1.807, 2.05) is 6.92 Å². The molecule has 1 aromatic heterocycles. The summed E-state index contributed by atoms with van der Waals surface area (Å²) in [6, 6.07) is 5.94. The fourth-order valence-corrected chi connectivity index (χ4v) is 2.23. The van der Waals surface area contributed by atoms with Gasteiger partial charge in [0.1, 0.15) is 0 Å². The number of benzene rings is 1. The summed E-state index contributed by atoms with van der Waals surface area (Å²) in [5.74, 6) is -0.240. The maximum atomic E-state index is 12.2. The minimum absolute atomic E-state index is 0.240. The van der Waals surface area contributed by atoms with E-state index >= 15 is 0 Å². The molecule has 0 radical (unpaired) electrons. The molecule has 0 aliphatic heterocycles. The molecule has 3 nitrogen and oxygen atoms in total. The predicted octanol–water partition coefficient (Wildman–Crippen LogP) is 3.96. The van der Waals surface area contributed by atoms with E-state index in [-0.39, 0.29) is 5.75 Å². The molecule has 0 aliphatic carbocycles. The van der Waals surface area contributed by atoms with E-state index in [9.17, 15) is 13.2 Å². The number of hydrogen-bond acceptors (Lipinski definition) is 4. The third-order valence-electron chi connectivity index (χ3n) is 2.23. The first-order valence-corrected chi connectivity index (χ1v) is 6.25. The van der Waals surface area contributed by atoms with Gasteiger partial charge < -0.3 is 10.1 Å². The van der Waals surface area contributed by atoms with Crippen molar-refractivity contribution in [1.29, 1.82) is 0 Å². The normalized spacial score (nSPS) is 11.4. The molecule has 0 atom stereocenters. The number of thiazole rings is 1. The number of aromatic nitrogens is 1. The maximum Gasteiger partial charge on any atom is 0.573 e. The van der Waals surface area contributed by atoms with Crippen LogP contribution in [-0.4, -0.2) is 11.3 Å². The number of anilines is 1.